The number of amides is 3. The van der Waals surface area contributed by atoms with Crippen LogP contribution in [0.1, 0.15) is 44.1 Å². The van der Waals surface area contributed by atoms with Crippen LogP contribution in [0.4, 0.5) is 4.79 Å². The normalized spacial score (nSPS) is 22.0. The highest BCUT2D eigenvalue weighted by Gasteiger charge is 2.37. The van der Waals surface area contributed by atoms with Crippen molar-refractivity contribution in [1.82, 2.24) is 20.4 Å². The first-order chi connectivity index (χ1) is 15.7. The van der Waals surface area contributed by atoms with Gasteiger partial charge in [-0.3, -0.25) is 9.69 Å². The van der Waals surface area contributed by atoms with E-state index in [9.17, 15) is 9.59 Å². The third-order valence-corrected chi connectivity index (χ3v) is 6.96. The van der Waals surface area contributed by atoms with E-state index < -0.39 is 0 Å². The molecule has 4 rings (SSSR count). The minimum absolute atomic E-state index is 0.109. The Morgan fingerprint density at radius 3 is 2.47 bits per heavy atom. The Hall–Kier alpha value is -2.12. The van der Waals surface area contributed by atoms with Gasteiger partial charge in [0.05, 0.1) is 0 Å². The maximum absolute atomic E-state index is 12.6. The molecular weight excluding hydrogens is 404 g/mol. The molecule has 1 aromatic carbocycles. The number of hydrogen-bond acceptors (Lipinski definition) is 4. The number of carbonyl (C=O) groups excluding carboxylic acids is 2. The summed E-state index contributed by atoms with van der Waals surface area (Å²) in [5.41, 5.74) is 1.22. The van der Waals surface area contributed by atoms with E-state index in [1.165, 1.54) is 5.56 Å². The van der Waals surface area contributed by atoms with Crippen LogP contribution in [0.25, 0.3) is 0 Å². The molecule has 1 unspecified atom stereocenters. The van der Waals surface area contributed by atoms with Gasteiger partial charge >= 0.3 is 6.03 Å². The largest absolute Gasteiger partial charge is 0.381 e. The quantitative estimate of drug-likeness (QED) is 0.616. The Kier molecular flexibility index (Phi) is 8.40. The van der Waals surface area contributed by atoms with Crippen molar-refractivity contribution in [3.8, 4) is 0 Å². The van der Waals surface area contributed by atoms with Crippen molar-refractivity contribution in [1.29, 1.82) is 0 Å². The van der Waals surface area contributed by atoms with Crippen LogP contribution in [0, 0.1) is 5.92 Å². The molecule has 32 heavy (non-hydrogen) atoms. The summed E-state index contributed by atoms with van der Waals surface area (Å²) in [6, 6.07) is 10.9. The summed E-state index contributed by atoms with van der Waals surface area (Å²) in [4.78, 5) is 29.6. The number of carbonyl (C=O) groups is 2. The molecule has 1 aromatic rings. The first-order valence-corrected chi connectivity index (χ1v) is 12.4. The van der Waals surface area contributed by atoms with Crippen molar-refractivity contribution >= 4 is 11.9 Å². The summed E-state index contributed by atoms with van der Waals surface area (Å²) in [6.07, 6.45) is 7.19. The Bertz CT molecular complexity index is 734. The fraction of sp³-hybridized carbons (Fsp3) is 0.680. The van der Waals surface area contributed by atoms with E-state index in [-0.39, 0.29) is 11.9 Å². The standard InChI is InChI=1S/C25H38N4O3/c30-24(21-8-9-21)28-15-4-7-23(19-28)29(22-11-17-32-18-12-22)16-14-27-25(31)26-13-10-20-5-2-1-3-6-20/h1-3,5-6,21-23H,4,7-19H2,(H2,26,27,31). The topological polar surface area (TPSA) is 73.9 Å². The predicted molar refractivity (Wildman–Crippen MR) is 124 cm³/mol. The van der Waals surface area contributed by atoms with Gasteiger partial charge in [0.1, 0.15) is 0 Å². The van der Waals surface area contributed by atoms with Crippen molar-refractivity contribution in [3.05, 3.63) is 35.9 Å². The highest BCUT2D eigenvalue weighted by Crippen LogP contribution is 2.32. The maximum Gasteiger partial charge on any atom is 0.314 e. The predicted octanol–water partition coefficient (Wildman–Crippen LogP) is 2.41. The average molecular weight is 443 g/mol. The number of ether oxygens (including phenoxy) is 1. The third kappa shape index (κ3) is 6.69. The van der Waals surface area contributed by atoms with Gasteiger partial charge in [-0.05, 0) is 50.5 Å². The van der Waals surface area contributed by atoms with E-state index in [0.29, 0.717) is 31.1 Å². The molecule has 3 aliphatic rings. The number of rotatable bonds is 9. The molecule has 0 spiro atoms. The molecular formula is C25H38N4O3. The van der Waals surface area contributed by atoms with Gasteiger partial charge in [-0.1, -0.05) is 30.3 Å². The minimum Gasteiger partial charge on any atom is -0.381 e. The van der Waals surface area contributed by atoms with Crippen LogP contribution in [0.15, 0.2) is 30.3 Å². The molecule has 0 radical (unpaired) electrons. The lowest BCUT2D eigenvalue weighted by Crippen LogP contribution is -2.56. The van der Waals surface area contributed by atoms with Crippen LogP contribution >= 0.6 is 0 Å². The number of benzene rings is 1. The van der Waals surface area contributed by atoms with Crippen molar-refractivity contribution < 1.29 is 14.3 Å². The lowest BCUT2D eigenvalue weighted by molar-refractivity contribution is -0.135. The monoisotopic (exact) mass is 442 g/mol. The maximum atomic E-state index is 12.6. The molecule has 2 saturated heterocycles. The molecule has 1 saturated carbocycles. The van der Waals surface area contributed by atoms with E-state index in [1.807, 2.05) is 18.2 Å². The molecule has 0 bridgehead atoms. The molecule has 2 aliphatic heterocycles. The first kappa shape index (κ1) is 23.1. The van der Waals surface area contributed by atoms with Crippen LogP contribution in [0.3, 0.4) is 0 Å². The van der Waals surface area contributed by atoms with Crippen LogP contribution in [0.5, 0.6) is 0 Å². The number of likely N-dealkylation sites (tertiary alicyclic amines) is 1. The fourth-order valence-corrected chi connectivity index (χ4v) is 5.02. The highest BCUT2D eigenvalue weighted by molar-refractivity contribution is 5.81. The molecule has 3 amide bonds. The SMILES string of the molecule is O=C(NCCc1ccccc1)NCCN(C1CCOCC1)C1CCCN(C(=O)C2CC2)C1. The van der Waals surface area contributed by atoms with Crippen LogP contribution in [-0.4, -0.2) is 79.8 Å². The van der Waals surface area contributed by atoms with Gasteiger partial charge < -0.3 is 20.3 Å². The fourth-order valence-electron chi connectivity index (χ4n) is 5.02. The van der Waals surface area contributed by atoms with Gasteiger partial charge in [-0.15, -0.1) is 0 Å². The number of piperidine rings is 1. The Morgan fingerprint density at radius 2 is 1.72 bits per heavy atom. The van der Waals surface area contributed by atoms with Crippen molar-refractivity contribution in [3.63, 3.8) is 0 Å². The molecule has 0 aromatic heterocycles. The minimum atomic E-state index is -0.109. The third-order valence-electron chi connectivity index (χ3n) is 6.96. The number of nitrogens with zero attached hydrogens (tertiary/aromatic N) is 2. The summed E-state index contributed by atoms with van der Waals surface area (Å²) >= 11 is 0. The van der Waals surface area contributed by atoms with E-state index in [1.54, 1.807) is 0 Å². The van der Waals surface area contributed by atoms with Crippen molar-refractivity contribution in [2.75, 3.05) is 45.9 Å². The number of hydrogen-bond donors (Lipinski definition) is 2. The summed E-state index contributed by atoms with van der Waals surface area (Å²) in [6.45, 7) is 5.37. The zero-order chi connectivity index (χ0) is 22.2. The van der Waals surface area contributed by atoms with Gasteiger partial charge in [0.2, 0.25) is 5.91 Å². The Labute approximate surface area is 191 Å². The van der Waals surface area contributed by atoms with Crippen LogP contribution in [-0.2, 0) is 16.0 Å². The van der Waals surface area contributed by atoms with Gasteiger partial charge in [0, 0.05) is 63.9 Å². The zero-order valence-electron chi connectivity index (χ0n) is 19.1. The van der Waals surface area contributed by atoms with Crippen LogP contribution in [0.2, 0.25) is 0 Å². The second-order valence-electron chi connectivity index (χ2n) is 9.35. The summed E-state index contributed by atoms with van der Waals surface area (Å²) in [5.74, 6) is 0.643. The van der Waals surface area contributed by atoms with Gasteiger partial charge in [0.25, 0.3) is 0 Å². The molecule has 1 atom stereocenters. The first-order valence-electron chi connectivity index (χ1n) is 12.4. The lowest BCUT2D eigenvalue weighted by atomic mass is 9.98. The van der Waals surface area contributed by atoms with Gasteiger partial charge in [-0.25, -0.2) is 4.79 Å². The molecule has 1 aliphatic carbocycles. The van der Waals surface area contributed by atoms with Gasteiger partial charge in [0.15, 0.2) is 0 Å². The molecule has 2 heterocycles. The van der Waals surface area contributed by atoms with Gasteiger partial charge in [-0.2, -0.15) is 0 Å². The molecule has 3 fully saturated rings. The summed E-state index contributed by atoms with van der Waals surface area (Å²) < 4.78 is 5.59. The van der Waals surface area contributed by atoms with E-state index >= 15 is 0 Å². The second-order valence-corrected chi connectivity index (χ2v) is 9.35. The second kappa shape index (κ2) is 11.7. The Balaban J connectivity index is 1.25. The highest BCUT2D eigenvalue weighted by atomic mass is 16.5. The van der Waals surface area contributed by atoms with E-state index in [2.05, 4.69) is 32.6 Å². The molecule has 7 heteroatoms. The van der Waals surface area contributed by atoms with Crippen molar-refractivity contribution in [2.45, 2.75) is 57.0 Å². The molecule has 2 N–H and O–H groups in total. The summed E-state index contributed by atoms with van der Waals surface area (Å²) in [5, 5.41) is 6.00. The zero-order valence-corrected chi connectivity index (χ0v) is 19.1. The van der Waals surface area contributed by atoms with E-state index in [0.717, 1.165) is 77.8 Å². The number of urea groups is 1. The lowest BCUT2D eigenvalue weighted by Gasteiger charge is -2.44. The molecule has 176 valence electrons. The van der Waals surface area contributed by atoms with Crippen molar-refractivity contribution in [2.24, 2.45) is 5.92 Å². The Morgan fingerprint density at radius 1 is 0.969 bits per heavy atom. The summed E-state index contributed by atoms with van der Waals surface area (Å²) in [7, 11) is 0. The van der Waals surface area contributed by atoms with Crippen LogP contribution < -0.4 is 10.6 Å². The average Bonchev–Trinajstić information content (AvgIpc) is 3.68. The van der Waals surface area contributed by atoms with E-state index in [4.69, 9.17) is 4.74 Å². The molecule has 7 nitrogen and oxygen atoms in total. The number of nitrogens with one attached hydrogen (secondary N) is 2. The smallest absolute Gasteiger partial charge is 0.314 e.